The van der Waals surface area contributed by atoms with Gasteiger partial charge in [0.15, 0.2) is 5.78 Å². The fourth-order valence-corrected chi connectivity index (χ4v) is 2.72. The van der Waals surface area contributed by atoms with Crippen LogP contribution < -0.4 is 10.1 Å². The Labute approximate surface area is 168 Å². The van der Waals surface area contributed by atoms with E-state index in [1.165, 1.54) is 17.7 Å². The van der Waals surface area contributed by atoms with Crippen molar-refractivity contribution in [2.45, 2.75) is 13.5 Å². The summed E-state index contributed by atoms with van der Waals surface area (Å²) < 4.78 is 19.3. The van der Waals surface area contributed by atoms with Crippen molar-refractivity contribution in [1.82, 2.24) is 0 Å². The summed E-state index contributed by atoms with van der Waals surface area (Å²) in [7, 11) is 0. The molecule has 0 aliphatic rings. The molecule has 0 fully saturated rings. The normalized spacial score (nSPS) is 10.8. The highest BCUT2D eigenvalue weighted by molar-refractivity contribution is 6.31. The van der Waals surface area contributed by atoms with Crippen molar-refractivity contribution in [3.8, 4) is 5.75 Å². The van der Waals surface area contributed by atoms with E-state index in [2.05, 4.69) is 5.32 Å². The van der Waals surface area contributed by atoms with E-state index in [-0.39, 0.29) is 12.4 Å². The Morgan fingerprint density at radius 3 is 2.46 bits per heavy atom. The maximum atomic E-state index is 13.8. The number of ether oxygens (including phenoxy) is 1. The average Bonchev–Trinajstić information content (AvgIpc) is 2.69. The summed E-state index contributed by atoms with van der Waals surface area (Å²) in [5.41, 5.74) is 2.91. The van der Waals surface area contributed by atoms with Crippen molar-refractivity contribution < 1.29 is 13.9 Å². The van der Waals surface area contributed by atoms with E-state index in [4.69, 9.17) is 16.3 Å². The van der Waals surface area contributed by atoms with Crippen molar-refractivity contribution in [2.75, 3.05) is 5.32 Å². The zero-order chi connectivity index (χ0) is 19.9. The van der Waals surface area contributed by atoms with E-state index in [1.54, 1.807) is 42.6 Å². The quantitative estimate of drug-likeness (QED) is 0.383. The van der Waals surface area contributed by atoms with Crippen molar-refractivity contribution in [2.24, 2.45) is 0 Å². The molecule has 0 atom stereocenters. The standard InChI is InChI=1S/C23H19ClFNO2/c1-16-5-9-18(10-6-16)26-14-13-23(27)17-7-11-19(12-8-17)28-15-20-21(24)3-2-4-22(20)25/h2-14,26H,15H2,1H3. The minimum atomic E-state index is -0.412. The first-order valence-corrected chi connectivity index (χ1v) is 9.10. The van der Waals surface area contributed by atoms with Gasteiger partial charge in [-0.05, 0) is 55.5 Å². The van der Waals surface area contributed by atoms with Crippen LogP contribution in [0, 0.1) is 12.7 Å². The van der Waals surface area contributed by atoms with E-state index in [9.17, 15) is 9.18 Å². The van der Waals surface area contributed by atoms with E-state index < -0.39 is 5.82 Å². The molecule has 5 heteroatoms. The highest BCUT2D eigenvalue weighted by atomic mass is 35.5. The molecule has 0 bridgehead atoms. The van der Waals surface area contributed by atoms with E-state index in [0.29, 0.717) is 21.9 Å². The summed E-state index contributed by atoms with van der Waals surface area (Å²) in [4.78, 5) is 12.2. The lowest BCUT2D eigenvalue weighted by Crippen LogP contribution is -2.00. The number of nitrogens with one attached hydrogen (secondary N) is 1. The van der Waals surface area contributed by atoms with Gasteiger partial charge in [-0.15, -0.1) is 0 Å². The molecule has 0 aromatic heterocycles. The molecule has 0 amide bonds. The molecule has 142 valence electrons. The smallest absolute Gasteiger partial charge is 0.187 e. The Hall–Kier alpha value is -3.11. The van der Waals surface area contributed by atoms with E-state index >= 15 is 0 Å². The Bertz CT molecular complexity index is 962. The number of carbonyl (C=O) groups is 1. The third-order valence-corrected chi connectivity index (χ3v) is 4.47. The summed E-state index contributed by atoms with van der Waals surface area (Å²) in [6.45, 7) is 2.03. The molecule has 0 aliphatic carbocycles. The second-order valence-corrected chi connectivity index (χ2v) is 6.63. The van der Waals surface area contributed by atoms with Crippen LogP contribution in [0.3, 0.4) is 0 Å². The van der Waals surface area contributed by atoms with E-state index in [0.717, 1.165) is 5.69 Å². The number of ketones is 1. The van der Waals surface area contributed by atoms with Gasteiger partial charge in [-0.3, -0.25) is 4.79 Å². The number of halogens is 2. The van der Waals surface area contributed by atoms with Crippen LogP contribution in [0.5, 0.6) is 5.75 Å². The number of hydrogen-bond acceptors (Lipinski definition) is 3. The first-order chi connectivity index (χ1) is 13.5. The molecule has 0 spiro atoms. The second kappa shape index (κ2) is 9.20. The monoisotopic (exact) mass is 395 g/mol. The molecular formula is C23H19ClFNO2. The Kier molecular flexibility index (Phi) is 6.45. The molecule has 0 unspecified atom stereocenters. The van der Waals surface area contributed by atoms with Crippen molar-refractivity contribution in [3.05, 3.63) is 107 Å². The molecule has 3 aromatic rings. The molecule has 3 nitrogen and oxygen atoms in total. The molecular weight excluding hydrogens is 377 g/mol. The van der Waals surface area contributed by atoms with Gasteiger partial charge in [0.05, 0.1) is 5.02 Å². The van der Waals surface area contributed by atoms with Crippen LogP contribution in [0.1, 0.15) is 21.5 Å². The Morgan fingerprint density at radius 2 is 1.79 bits per heavy atom. The number of carbonyl (C=O) groups excluding carboxylic acids is 1. The molecule has 28 heavy (non-hydrogen) atoms. The number of anilines is 1. The lowest BCUT2D eigenvalue weighted by atomic mass is 10.1. The topological polar surface area (TPSA) is 38.3 Å². The Balaban J connectivity index is 1.56. The van der Waals surface area contributed by atoms with Crippen LogP contribution >= 0.6 is 11.6 Å². The first kappa shape index (κ1) is 19.6. The predicted molar refractivity (Wildman–Crippen MR) is 110 cm³/mol. The van der Waals surface area contributed by atoms with Crippen LogP contribution in [0.4, 0.5) is 10.1 Å². The first-order valence-electron chi connectivity index (χ1n) is 8.73. The summed E-state index contributed by atoms with van der Waals surface area (Å²) in [6, 6.07) is 19.0. The zero-order valence-electron chi connectivity index (χ0n) is 15.3. The van der Waals surface area contributed by atoms with Gasteiger partial charge in [0.2, 0.25) is 0 Å². The fraction of sp³-hybridized carbons (Fsp3) is 0.0870. The lowest BCUT2D eigenvalue weighted by molar-refractivity contribution is 0.104. The van der Waals surface area contributed by atoms with Crippen LogP contribution in [0.2, 0.25) is 5.02 Å². The Morgan fingerprint density at radius 1 is 1.07 bits per heavy atom. The van der Waals surface area contributed by atoms with Crippen molar-refractivity contribution in [1.29, 1.82) is 0 Å². The summed E-state index contributed by atoms with van der Waals surface area (Å²) >= 11 is 5.98. The molecule has 1 N–H and O–H groups in total. The van der Waals surface area contributed by atoms with Crippen LogP contribution in [0.25, 0.3) is 0 Å². The number of allylic oxidation sites excluding steroid dienone is 1. The summed E-state index contributed by atoms with van der Waals surface area (Å²) in [5.74, 6) is -0.0218. The maximum Gasteiger partial charge on any atom is 0.187 e. The molecule has 3 aromatic carbocycles. The number of rotatable bonds is 7. The third-order valence-electron chi connectivity index (χ3n) is 4.12. The van der Waals surface area contributed by atoms with Gasteiger partial charge in [-0.2, -0.15) is 0 Å². The largest absolute Gasteiger partial charge is 0.489 e. The summed E-state index contributed by atoms with van der Waals surface area (Å²) in [5, 5.41) is 3.38. The van der Waals surface area contributed by atoms with Gasteiger partial charge in [0.1, 0.15) is 18.2 Å². The van der Waals surface area contributed by atoms with E-state index in [1.807, 2.05) is 31.2 Å². The van der Waals surface area contributed by atoms with Gasteiger partial charge in [0.25, 0.3) is 0 Å². The number of benzene rings is 3. The molecule has 0 aliphatic heterocycles. The minimum absolute atomic E-state index is 0.0131. The highest BCUT2D eigenvalue weighted by Gasteiger charge is 2.08. The van der Waals surface area contributed by atoms with Crippen molar-refractivity contribution >= 4 is 23.1 Å². The molecule has 0 saturated carbocycles. The predicted octanol–water partition coefficient (Wildman–Crippen LogP) is 6.18. The molecule has 0 saturated heterocycles. The molecule has 0 heterocycles. The SMILES string of the molecule is Cc1ccc(NC=CC(=O)c2ccc(OCc3c(F)cccc3Cl)cc2)cc1. The van der Waals surface area contributed by atoms with Crippen molar-refractivity contribution in [3.63, 3.8) is 0 Å². The lowest BCUT2D eigenvalue weighted by Gasteiger charge is -2.09. The summed E-state index contributed by atoms with van der Waals surface area (Å²) in [6.07, 6.45) is 3.08. The highest BCUT2D eigenvalue weighted by Crippen LogP contribution is 2.22. The van der Waals surface area contributed by atoms with Gasteiger partial charge in [0, 0.05) is 29.1 Å². The number of hydrogen-bond donors (Lipinski definition) is 1. The third kappa shape index (κ3) is 5.21. The van der Waals surface area contributed by atoms with Gasteiger partial charge < -0.3 is 10.1 Å². The fourth-order valence-electron chi connectivity index (χ4n) is 2.50. The average molecular weight is 396 g/mol. The van der Waals surface area contributed by atoms with Crippen LogP contribution in [-0.4, -0.2) is 5.78 Å². The van der Waals surface area contributed by atoms with Crippen LogP contribution in [-0.2, 0) is 6.61 Å². The van der Waals surface area contributed by atoms with Crippen LogP contribution in [0.15, 0.2) is 79.0 Å². The van der Waals surface area contributed by atoms with Gasteiger partial charge in [-0.1, -0.05) is 35.4 Å². The minimum Gasteiger partial charge on any atom is -0.489 e. The maximum absolute atomic E-state index is 13.8. The second-order valence-electron chi connectivity index (χ2n) is 6.22. The van der Waals surface area contributed by atoms with Gasteiger partial charge in [-0.25, -0.2) is 4.39 Å². The molecule has 0 radical (unpaired) electrons. The van der Waals surface area contributed by atoms with Gasteiger partial charge >= 0.3 is 0 Å². The number of aryl methyl sites for hydroxylation is 1. The zero-order valence-corrected chi connectivity index (χ0v) is 16.0. The molecule has 3 rings (SSSR count).